The summed E-state index contributed by atoms with van der Waals surface area (Å²) in [6.07, 6.45) is 4.18. The zero-order chi connectivity index (χ0) is 29.8. The molecular formula is C32H33N5O5S. The smallest absolute Gasteiger partial charge is 0.251 e. The van der Waals surface area contributed by atoms with E-state index >= 15 is 0 Å². The van der Waals surface area contributed by atoms with Gasteiger partial charge in [-0.2, -0.15) is 0 Å². The van der Waals surface area contributed by atoms with E-state index in [-0.39, 0.29) is 46.5 Å². The minimum absolute atomic E-state index is 0.0203. The summed E-state index contributed by atoms with van der Waals surface area (Å²) >= 11 is 0. The van der Waals surface area contributed by atoms with Crippen molar-refractivity contribution in [1.82, 2.24) is 20.3 Å². The third-order valence-electron chi connectivity index (χ3n) is 8.30. The van der Waals surface area contributed by atoms with Crippen LogP contribution in [0.1, 0.15) is 49.2 Å². The van der Waals surface area contributed by atoms with E-state index in [9.17, 15) is 13.2 Å². The fraction of sp³-hybridized carbons (Fsp3) is 0.375. The number of ether oxygens (including phenoxy) is 2. The van der Waals surface area contributed by atoms with Gasteiger partial charge < -0.3 is 19.7 Å². The molecule has 1 aromatic carbocycles. The molecule has 1 saturated carbocycles. The highest BCUT2D eigenvalue weighted by Gasteiger charge is 2.48. The monoisotopic (exact) mass is 599 g/mol. The molecule has 1 aliphatic carbocycles. The fourth-order valence-electron chi connectivity index (χ4n) is 5.86. The lowest BCUT2D eigenvalue weighted by Crippen LogP contribution is -2.45. The zero-order valence-electron chi connectivity index (χ0n) is 24.1. The van der Waals surface area contributed by atoms with E-state index in [0.717, 1.165) is 54.0 Å². The van der Waals surface area contributed by atoms with Crippen LogP contribution in [0.5, 0.6) is 5.75 Å². The number of aromatic nitrogens is 3. The number of morpholine rings is 1. The minimum atomic E-state index is -3.54. The molecule has 1 saturated heterocycles. The lowest BCUT2D eigenvalue weighted by atomic mass is 10.1. The van der Waals surface area contributed by atoms with Crippen molar-refractivity contribution in [2.75, 3.05) is 23.7 Å². The normalized spacial score (nSPS) is 22.0. The quantitative estimate of drug-likeness (QED) is 0.357. The number of nitrogens with zero attached hydrogens (tertiary/aromatic N) is 4. The van der Waals surface area contributed by atoms with Crippen LogP contribution in [-0.2, 0) is 21.1 Å². The maximum Gasteiger partial charge on any atom is 0.251 e. The molecule has 0 unspecified atom stereocenters. The summed E-state index contributed by atoms with van der Waals surface area (Å²) in [4.78, 5) is 29.6. The molecule has 1 spiro atoms. The predicted molar refractivity (Wildman–Crippen MR) is 162 cm³/mol. The molecule has 0 bridgehead atoms. The van der Waals surface area contributed by atoms with Crippen LogP contribution in [0.2, 0.25) is 0 Å². The number of carbonyl (C=O) groups excluding carboxylic acids is 1. The average Bonchev–Trinajstić information content (AvgIpc) is 3.79. The fourth-order valence-corrected chi connectivity index (χ4v) is 7.44. The summed E-state index contributed by atoms with van der Waals surface area (Å²) < 4.78 is 37.7. The first-order chi connectivity index (χ1) is 20.7. The van der Waals surface area contributed by atoms with Crippen molar-refractivity contribution >= 4 is 32.5 Å². The van der Waals surface area contributed by atoms with Crippen LogP contribution in [0.3, 0.4) is 0 Å². The molecule has 1 amide bonds. The standard InChI is InChI=1S/C32H33N5O5S/c1-20-18-37(19-21(2)41-20)30-5-3-4-25(36-30)26-8-6-23-16-33-24(15-27(23)35-26)17-34-31(38)22-7-9-28-29(14-22)43(39,40)13-12-32(42-28)10-11-32/h3-9,14-16,20-21H,10-13,17-19H2,1-2H3,(H,34,38)/t20-,21+. The van der Waals surface area contributed by atoms with Gasteiger partial charge in [-0.3, -0.25) is 9.78 Å². The van der Waals surface area contributed by atoms with E-state index in [4.69, 9.17) is 19.4 Å². The molecule has 2 aliphatic heterocycles. The summed E-state index contributed by atoms with van der Waals surface area (Å²) in [5, 5.41) is 3.73. The first-order valence-electron chi connectivity index (χ1n) is 14.6. The van der Waals surface area contributed by atoms with Crippen LogP contribution in [0.4, 0.5) is 5.82 Å². The Kier molecular flexibility index (Phi) is 6.81. The zero-order valence-corrected chi connectivity index (χ0v) is 24.9. The number of amides is 1. The molecule has 4 aromatic rings. The van der Waals surface area contributed by atoms with Gasteiger partial charge in [-0.15, -0.1) is 0 Å². The number of nitrogens with one attached hydrogen (secondary N) is 1. The van der Waals surface area contributed by atoms with Gasteiger partial charge in [0.05, 0.1) is 47.1 Å². The molecule has 7 rings (SSSR count). The van der Waals surface area contributed by atoms with E-state index in [1.165, 1.54) is 6.07 Å². The number of rotatable bonds is 5. The second-order valence-corrected chi connectivity index (χ2v) is 13.9. The Morgan fingerprint density at radius 1 is 1.00 bits per heavy atom. The highest BCUT2D eigenvalue weighted by molar-refractivity contribution is 7.91. The molecule has 43 heavy (non-hydrogen) atoms. The Balaban J connectivity index is 1.08. The van der Waals surface area contributed by atoms with Gasteiger partial charge in [0, 0.05) is 36.7 Å². The molecule has 0 radical (unpaired) electrons. The Hall–Kier alpha value is -4.09. The highest BCUT2D eigenvalue weighted by Crippen LogP contribution is 2.47. The molecular weight excluding hydrogens is 566 g/mol. The van der Waals surface area contributed by atoms with Crippen molar-refractivity contribution in [2.24, 2.45) is 0 Å². The minimum Gasteiger partial charge on any atom is -0.486 e. The van der Waals surface area contributed by atoms with Gasteiger partial charge in [-0.1, -0.05) is 6.07 Å². The maximum absolute atomic E-state index is 13.0. The molecule has 10 nitrogen and oxygen atoms in total. The Morgan fingerprint density at radius 3 is 2.58 bits per heavy atom. The van der Waals surface area contributed by atoms with E-state index in [2.05, 4.69) is 29.0 Å². The Morgan fingerprint density at radius 2 is 1.79 bits per heavy atom. The van der Waals surface area contributed by atoms with Crippen LogP contribution in [0.15, 0.2) is 65.7 Å². The van der Waals surface area contributed by atoms with Crippen molar-refractivity contribution in [1.29, 1.82) is 0 Å². The molecule has 5 heterocycles. The Bertz CT molecular complexity index is 1830. The number of sulfone groups is 1. The van der Waals surface area contributed by atoms with Crippen LogP contribution >= 0.6 is 0 Å². The Labute approximate surface area is 250 Å². The predicted octanol–water partition coefficient (Wildman–Crippen LogP) is 4.32. The molecule has 11 heteroatoms. The molecule has 2 atom stereocenters. The number of anilines is 1. The largest absolute Gasteiger partial charge is 0.486 e. The van der Waals surface area contributed by atoms with Crippen molar-refractivity contribution in [2.45, 2.75) is 62.4 Å². The molecule has 3 aromatic heterocycles. The number of pyridine rings is 3. The lowest BCUT2D eigenvalue weighted by molar-refractivity contribution is -0.00545. The van der Waals surface area contributed by atoms with Gasteiger partial charge in [0.1, 0.15) is 22.1 Å². The van der Waals surface area contributed by atoms with Gasteiger partial charge >= 0.3 is 0 Å². The van der Waals surface area contributed by atoms with Crippen molar-refractivity contribution in [3.63, 3.8) is 0 Å². The lowest BCUT2D eigenvalue weighted by Gasteiger charge is -2.36. The first-order valence-corrected chi connectivity index (χ1v) is 16.3. The number of hydrogen-bond donors (Lipinski definition) is 1. The van der Waals surface area contributed by atoms with Crippen molar-refractivity contribution in [3.8, 4) is 17.1 Å². The second-order valence-electron chi connectivity index (χ2n) is 11.8. The van der Waals surface area contributed by atoms with E-state index in [1.807, 2.05) is 36.4 Å². The summed E-state index contributed by atoms with van der Waals surface area (Å²) in [7, 11) is -3.54. The first kappa shape index (κ1) is 27.7. The summed E-state index contributed by atoms with van der Waals surface area (Å²) in [5.41, 5.74) is 2.77. The van der Waals surface area contributed by atoms with Crippen LogP contribution in [-0.4, -0.2) is 65.9 Å². The van der Waals surface area contributed by atoms with E-state index < -0.39 is 9.84 Å². The number of fused-ring (bicyclic) bond motifs is 2. The number of carbonyl (C=O) groups is 1. The maximum atomic E-state index is 13.0. The summed E-state index contributed by atoms with van der Waals surface area (Å²) in [6.45, 7) is 5.86. The van der Waals surface area contributed by atoms with Crippen LogP contribution in [0.25, 0.3) is 22.3 Å². The summed E-state index contributed by atoms with van der Waals surface area (Å²) in [6, 6.07) is 16.3. The third-order valence-corrected chi connectivity index (χ3v) is 10.0. The van der Waals surface area contributed by atoms with Gasteiger partial charge in [-0.25, -0.2) is 18.4 Å². The highest BCUT2D eigenvalue weighted by atomic mass is 32.2. The topological polar surface area (TPSA) is 124 Å². The number of benzene rings is 1. The molecule has 222 valence electrons. The third kappa shape index (κ3) is 5.66. The van der Waals surface area contributed by atoms with Gasteiger partial charge in [0.25, 0.3) is 5.91 Å². The SMILES string of the molecule is C[C@@H]1CN(c2cccc(-c3ccc4cnc(CNC(=O)c5ccc6c(c5)S(=O)(=O)CCC5(CC5)O6)cc4n3)n2)C[C@H](C)O1. The molecule has 3 aliphatic rings. The van der Waals surface area contributed by atoms with Crippen molar-refractivity contribution in [3.05, 3.63) is 72.1 Å². The van der Waals surface area contributed by atoms with Gasteiger partial charge in [-0.05, 0) is 75.2 Å². The van der Waals surface area contributed by atoms with Crippen molar-refractivity contribution < 1.29 is 22.7 Å². The van der Waals surface area contributed by atoms with Gasteiger partial charge in [0.2, 0.25) is 0 Å². The van der Waals surface area contributed by atoms with E-state index in [1.54, 1.807) is 18.3 Å². The second kappa shape index (κ2) is 10.6. The van der Waals surface area contributed by atoms with E-state index in [0.29, 0.717) is 17.9 Å². The number of hydrogen-bond acceptors (Lipinski definition) is 9. The molecule has 1 N–H and O–H groups in total. The average molecular weight is 600 g/mol. The van der Waals surface area contributed by atoms with Gasteiger partial charge in [0.15, 0.2) is 9.84 Å². The molecule has 2 fully saturated rings. The van der Waals surface area contributed by atoms with Crippen LogP contribution in [0, 0.1) is 0 Å². The van der Waals surface area contributed by atoms with Crippen LogP contribution < -0.4 is 15.0 Å². The summed E-state index contributed by atoms with van der Waals surface area (Å²) in [5.74, 6) is 0.856.